The molecule has 1 N–H and O–H groups in total. The van der Waals surface area contributed by atoms with Gasteiger partial charge in [-0.1, -0.05) is 50.4 Å². The lowest BCUT2D eigenvalue weighted by Crippen LogP contribution is -2.28. The van der Waals surface area contributed by atoms with Crippen molar-refractivity contribution in [3.63, 3.8) is 0 Å². The summed E-state index contributed by atoms with van der Waals surface area (Å²) in [7, 11) is 2.23. The summed E-state index contributed by atoms with van der Waals surface area (Å²) in [5.74, 6) is 0. The molecule has 120 valence electrons. The number of nitrogens with zero attached hydrogens (tertiary/aromatic N) is 1. The van der Waals surface area contributed by atoms with E-state index in [1.807, 2.05) is 12.1 Å². The molecule has 0 amide bonds. The van der Waals surface area contributed by atoms with Crippen molar-refractivity contribution in [3.8, 4) is 0 Å². The largest absolute Gasteiger partial charge is 0.310 e. The first-order valence-corrected chi connectivity index (χ1v) is 8.72. The Bertz CT molecular complexity index is 364. The van der Waals surface area contributed by atoms with Crippen LogP contribution in [0.25, 0.3) is 0 Å². The van der Waals surface area contributed by atoms with Crippen LogP contribution in [0.3, 0.4) is 0 Å². The molecule has 0 aliphatic heterocycles. The van der Waals surface area contributed by atoms with Crippen molar-refractivity contribution in [2.45, 2.75) is 52.0 Å². The van der Waals surface area contributed by atoms with E-state index < -0.39 is 0 Å². The minimum Gasteiger partial charge on any atom is -0.310 e. The zero-order valence-corrected chi connectivity index (χ0v) is 14.6. The number of benzene rings is 1. The van der Waals surface area contributed by atoms with Gasteiger partial charge in [0.2, 0.25) is 0 Å². The Morgan fingerprint density at radius 2 is 1.76 bits per heavy atom. The summed E-state index contributed by atoms with van der Waals surface area (Å²) >= 11 is 5.99. The quantitative estimate of drug-likeness (QED) is 0.585. The molecule has 0 saturated carbocycles. The second kappa shape index (κ2) is 11.1. The van der Waals surface area contributed by atoms with E-state index in [4.69, 9.17) is 11.6 Å². The van der Waals surface area contributed by atoms with Gasteiger partial charge < -0.3 is 10.2 Å². The van der Waals surface area contributed by atoms with Gasteiger partial charge in [0.1, 0.15) is 0 Å². The summed E-state index contributed by atoms with van der Waals surface area (Å²) in [6.45, 7) is 7.86. The summed E-state index contributed by atoms with van der Waals surface area (Å²) in [5.41, 5.74) is 1.34. The monoisotopic (exact) mass is 310 g/mol. The maximum absolute atomic E-state index is 5.99. The SMILES string of the molecule is CCCCCN(C)CCC(NCCC)c1ccc(Cl)cc1. The van der Waals surface area contributed by atoms with Crippen LogP contribution in [0.4, 0.5) is 0 Å². The summed E-state index contributed by atoms with van der Waals surface area (Å²) in [6, 6.07) is 8.69. The highest BCUT2D eigenvalue weighted by atomic mass is 35.5. The second-order valence-corrected chi connectivity index (χ2v) is 6.29. The van der Waals surface area contributed by atoms with Crippen molar-refractivity contribution in [2.24, 2.45) is 0 Å². The first-order valence-electron chi connectivity index (χ1n) is 8.34. The van der Waals surface area contributed by atoms with Gasteiger partial charge in [-0.15, -0.1) is 0 Å². The van der Waals surface area contributed by atoms with Gasteiger partial charge in [0.25, 0.3) is 0 Å². The van der Waals surface area contributed by atoms with Gasteiger partial charge in [0.15, 0.2) is 0 Å². The van der Waals surface area contributed by atoms with Crippen molar-refractivity contribution in [2.75, 3.05) is 26.7 Å². The summed E-state index contributed by atoms with van der Waals surface area (Å²) in [5, 5.41) is 4.47. The van der Waals surface area contributed by atoms with Gasteiger partial charge in [-0.2, -0.15) is 0 Å². The third-order valence-electron chi connectivity index (χ3n) is 3.86. The molecule has 0 spiro atoms. The van der Waals surface area contributed by atoms with Gasteiger partial charge in [0, 0.05) is 11.1 Å². The summed E-state index contributed by atoms with van der Waals surface area (Å²) in [4.78, 5) is 2.45. The van der Waals surface area contributed by atoms with E-state index in [2.05, 4.69) is 43.2 Å². The Kier molecular flexibility index (Phi) is 9.73. The second-order valence-electron chi connectivity index (χ2n) is 5.86. The minimum absolute atomic E-state index is 0.427. The average Bonchev–Trinajstić information content (AvgIpc) is 2.49. The van der Waals surface area contributed by atoms with Gasteiger partial charge >= 0.3 is 0 Å². The number of halogens is 1. The summed E-state index contributed by atoms with van der Waals surface area (Å²) in [6.07, 6.45) is 6.24. The third kappa shape index (κ3) is 7.85. The molecule has 1 aromatic carbocycles. The van der Waals surface area contributed by atoms with E-state index in [0.29, 0.717) is 6.04 Å². The predicted octanol–water partition coefficient (Wildman–Crippen LogP) is 4.89. The molecular weight excluding hydrogens is 280 g/mol. The molecule has 1 unspecified atom stereocenters. The molecule has 3 heteroatoms. The fraction of sp³-hybridized carbons (Fsp3) is 0.667. The maximum atomic E-state index is 5.99. The molecule has 0 aliphatic carbocycles. The van der Waals surface area contributed by atoms with Crippen LogP contribution in [-0.4, -0.2) is 31.6 Å². The fourth-order valence-electron chi connectivity index (χ4n) is 2.49. The van der Waals surface area contributed by atoms with Crippen molar-refractivity contribution < 1.29 is 0 Å². The highest BCUT2D eigenvalue weighted by Gasteiger charge is 2.11. The molecule has 0 aliphatic rings. The number of hydrogen-bond acceptors (Lipinski definition) is 2. The number of hydrogen-bond donors (Lipinski definition) is 1. The molecule has 0 fully saturated rings. The van der Waals surface area contributed by atoms with Gasteiger partial charge in [-0.05, 0) is 63.6 Å². The number of nitrogens with one attached hydrogen (secondary N) is 1. The van der Waals surface area contributed by atoms with E-state index in [9.17, 15) is 0 Å². The Morgan fingerprint density at radius 3 is 2.38 bits per heavy atom. The lowest BCUT2D eigenvalue weighted by atomic mass is 10.0. The zero-order valence-electron chi connectivity index (χ0n) is 13.9. The van der Waals surface area contributed by atoms with E-state index >= 15 is 0 Å². The van der Waals surface area contributed by atoms with Crippen LogP contribution in [0.5, 0.6) is 0 Å². The van der Waals surface area contributed by atoms with Gasteiger partial charge in [-0.25, -0.2) is 0 Å². The molecule has 0 radical (unpaired) electrons. The minimum atomic E-state index is 0.427. The Labute approximate surface area is 135 Å². The van der Waals surface area contributed by atoms with Crippen LogP contribution < -0.4 is 5.32 Å². The van der Waals surface area contributed by atoms with Gasteiger partial charge in [-0.3, -0.25) is 0 Å². The smallest absolute Gasteiger partial charge is 0.0406 e. The zero-order chi connectivity index (χ0) is 15.5. The topological polar surface area (TPSA) is 15.3 Å². The van der Waals surface area contributed by atoms with E-state index in [1.165, 1.54) is 31.4 Å². The standard InChI is InChI=1S/C18H31ClN2/c1-4-6-7-14-21(3)15-12-18(20-13-5-2)16-8-10-17(19)11-9-16/h8-11,18,20H,4-7,12-15H2,1-3H3. The van der Waals surface area contributed by atoms with Crippen LogP contribution in [0.15, 0.2) is 24.3 Å². The molecule has 0 bridgehead atoms. The van der Waals surface area contributed by atoms with Crippen molar-refractivity contribution >= 4 is 11.6 Å². The molecule has 0 heterocycles. The fourth-order valence-corrected chi connectivity index (χ4v) is 2.62. The van der Waals surface area contributed by atoms with Crippen molar-refractivity contribution in [3.05, 3.63) is 34.9 Å². The lowest BCUT2D eigenvalue weighted by molar-refractivity contribution is 0.301. The molecule has 0 aromatic heterocycles. The molecule has 2 nitrogen and oxygen atoms in total. The van der Waals surface area contributed by atoms with E-state index in [0.717, 1.165) is 31.0 Å². The maximum Gasteiger partial charge on any atom is 0.0406 e. The molecule has 0 saturated heterocycles. The number of unbranched alkanes of at least 4 members (excludes halogenated alkanes) is 2. The Morgan fingerprint density at radius 1 is 1.05 bits per heavy atom. The van der Waals surface area contributed by atoms with E-state index in [1.54, 1.807) is 0 Å². The molecule has 1 rings (SSSR count). The van der Waals surface area contributed by atoms with Crippen molar-refractivity contribution in [1.82, 2.24) is 10.2 Å². The highest BCUT2D eigenvalue weighted by Crippen LogP contribution is 2.20. The van der Waals surface area contributed by atoms with Crippen molar-refractivity contribution in [1.29, 1.82) is 0 Å². The normalized spacial score (nSPS) is 12.8. The van der Waals surface area contributed by atoms with Crippen LogP contribution in [0.2, 0.25) is 5.02 Å². The highest BCUT2D eigenvalue weighted by molar-refractivity contribution is 6.30. The van der Waals surface area contributed by atoms with Gasteiger partial charge in [0.05, 0.1) is 0 Å². The third-order valence-corrected chi connectivity index (χ3v) is 4.11. The summed E-state index contributed by atoms with van der Waals surface area (Å²) < 4.78 is 0. The molecule has 1 atom stereocenters. The Hall–Kier alpha value is -0.570. The first-order chi connectivity index (χ1) is 10.2. The van der Waals surface area contributed by atoms with Crippen LogP contribution in [0.1, 0.15) is 57.6 Å². The molecular formula is C18H31ClN2. The first kappa shape index (κ1) is 18.5. The lowest BCUT2D eigenvalue weighted by Gasteiger charge is -2.23. The predicted molar refractivity (Wildman–Crippen MR) is 94.1 cm³/mol. The number of rotatable bonds is 11. The van der Waals surface area contributed by atoms with E-state index in [-0.39, 0.29) is 0 Å². The average molecular weight is 311 g/mol. The van der Waals surface area contributed by atoms with Crippen LogP contribution in [-0.2, 0) is 0 Å². The molecule has 1 aromatic rings. The molecule has 21 heavy (non-hydrogen) atoms. The van der Waals surface area contributed by atoms with Crippen LogP contribution in [0, 0.1) is 0 Å². The Balaban J connectivity index is 2.47. The van der Waals surface area contributed by atoms with Crippen LogP contribution >= 0.6 is 11.6 Å².